The zero-order valence-electron chi connectivity index (χ0n) is 16.4. The molecule has 0 fully saturated rings. The Morgan fingerprint density at radius 3 is 2.50 bits per heavy atom. The first-order chi connectivity index (χ1) is 13.4. The van der Waals surface area contributed by atoms with Crippen molar-refractivity contribution >= 4 is 39.3 Å². The Labute approximate surface area is 173 Å². The molecule has 0 aromatic heterocycles. The minimum atomic E-state index is -0.154. The Morgan fingerprint density at radius 2 is 1.86 bits per heavy atom. The van der Waals surface area contributed by atoms with E-state index < -0.39 is 0 Å². The first kappa shape index (κ1) is 20.1. The van der Waals surface area contributed by atoms with Gasteiger partial charge in [-0.25, -0.2) is 0 Å². The first-order valence-electron chi connectivity index (χ1n) is 9.07. The van der Waals surface area contributed by atoms with E-state index in [0.29, 0.717) is 35.3 Å². The predicted octanol–water partition coefficient (Wildman–Crippen LogP) is 5.30. The summed E-state index contributed by atoms with van der Waals surface area (Å²) in [5.74, 6) is 1.60. The van der Waals surface area contributed by atoms with Crippen LogP contribution < -0.4 is 14.5 Å². The highest BCUT2D eigenvalue weighted by atomic mass is 79.9. The highest BCUT2D eigenvalue weighted by molar-refractivity contribution is 9.10. The van der Waals surface area contributed by atoms with Crippen LogP contribution in [0.1, 0.15) is 26.3 Å². The molecule has 0 bridgehead atoms. The maximum atomic E-state index is 12.9. The van der Waals surface area contributed by atoms with Crippen molar-refractivity contribution in [3.8, 4) is 11.5 Å². The number of methoxy groups -OCH3 is 1. The minimum absolute atomic E-state index is 0.154. The number of nitrogens with zero attached hydrogens (tertiary/aromatic N) is 2. The van der Waals surface area contributed by atoms with Crippen molar-refractivity contribution in [3.05, 3.63) is 58.1 Å². The number of hydrazone groups is 1. The molecule has 0 atom stereocenters. The van der Waals surface area contributed by atoms with E-state index in [2.05, 4.69) is 34.9 Å². The molecule has 0 saturated heterocycles. The second-order valence-corrected chi connectivity index (χ2v) is 7.87. The monoisotopic (exact) mass is 442 g/mol. The molecule has 5 nitrogen and oxygen atoms in total. The van der Waals surface area contributed by atoms with Crippen molar-refractivity contribution in [2.75, 3.05) is 18.7 Å². The van der Waals surface area contributed by atoms with Gasteiger partial charge >= 0.3 is 0 Å². The molecular weight excluding hydrogens is 420 g/mol. The van der Waals surface area contributed by atoms with Crippen LogP contribution in [0.3, 0.4) is 0 Å². The predicted molar refractivity (Wildman–Crippen MR) is 116 cm³/mol. The molecule has 146 valence electrons. The average molecular weight is 443 g/mol. The fourth-order valence-electron chi connectivity index (χ4n) is 2.76. The molecule has 2 aromatic rings. The standard InChI is InChI=1S/C22H23BrN2O3/c1-14(2)13-28-20-10-5-16(12-21(20)27-4)11-19-15(3)24-25(22(19)26)18-8-6-17(23)7-9-18/h5-12,14H,13H2,1-4H3/b19-11-. The number of rotatable bonds is 6. The molecule has 1 aliphatic heterocycles. The molecule has 0 spiro atoms. The first-order valence-corrected chi connectivity index (χ1v) is 9.86. The summed E-state index contributed by atoms with van der Waals surface area (Å²) in [6, 6.07) is 13.1. The van der Waals surface area contributed by atoms with Crippen molar-refractivity contribution in [2.24, 2.45) is 11.0 Å². The number of carbonyl (C=O) groups is 1. The minimum Gasteiger partial charge on any atom is -0.493 e. The van der Waals surface area contributed by atoms with E-state index in [1.54, 1.807) is 7.11 Å². The normalized spacial score (nSPS) is 15.4. The largest absolute Gasteiger partial charge is 0.493 e. The van der Waals surface area contributed by atoms with Crippen LogP contribution in [-0.4, -0.2) is 25.3 Å². The third-order valence-corrected chi connectivity index (χ3v) is 4.73. The summed E-state index contributed by atoms with van der Waals surface area (Å²) in [5.41, 5.74) is 2.81. The lowest BCUT2D eigenvalue weighted by molar-refractivity contribution is -0.114. The van der Waals surface area contributed by atoms with Gasteiger partial charge in [-0.1, -0.05) is 35.8 Å². The number of carbonyl (C=O) groups excluding carboxylic acids is 1. The van der Waals surface area contributed by atoms with Crippen LogP contribution in [-0.2, 0) is 4.79 Å². The van der Waals surface area contributed by atoms with E-state index in [1.165, 1.54) is 5.01 Å². The SMILES string of the molecule is COc1cc(/C=C2\C(=O)N(c3ccc(Br)cc3)N=C2C)ccc1OCC(C)C. The summed E-state index contributed by atoms with van der Waals surface area (Å²) >= 11 is 3.40. The van der Waals surface area contributed by atoms with Crippen LogP contribution >= 0.6 is 15.9 Å². The number of ether oxygens (including phenoxy) is 2. The van der Waals surface area contributed by atoms with Gasteiger partial charge in [-0.2, -0.15) is 10.1 Å². The third-order valence-electron chi connectivity index (χ3n) is 4.20. The Morgan fingerprint density at radius 1 is 1.14 bits per heavy atom. The molecule has 28 heavy (non-hydrogen) atoms. The van der Waals surface area contributed by atoms with Crippen molar-refractivity contribution in [1.29, 1.82) is 0 Å². The molecule has 2 aromatic carbocycles. The number of halogens is 1. The van der Waals surface area contributed by atoms with Gasteiger partial charge in [0.2, 0.25) is 0 Å². The van der Waals surface area contributed by atoms with Gasteiger partial charge in [0.25, 0.3) is 5.91 Å². The quantitative estimate of drug-likeness (QED) is 0.570. The molecular formula is C22H23BrN2O3. The molecule has 0 saturated carbocycles. The van der Waals surface area contributed by atoms with Gasteiger partial charge in [0.1, 0.15) is 0 Å². The lowest BCUT2D eigenvalue weighted by atomic mass is 10.1. The molecule has 6 heteroatoms. The summed E-state index contributed by atoms with van der Waals surface area (Å²) in [5, 5.41) is 5.84. The highest BCUT2D eigenvalue weighted by Gasteiger charge is 2.28. The summed E-state index contributed by atoms with van der Waals surface area (Å²) in [7, 11) is 1.61. The molecule has 1 heterocycles. The summed E-state index contributed by atoms with van der Waals surface area (Å²) < 4.78 is 12.2. The van der Waals surface area contributed by atoms with E-state index >= 15 is 0 Å². The Hall–Kier alpha value is -2.60. The second kappa shape index (κ2) is 8.61. The molecule has 0 N–H and O–H groups in total. The lowest BCUT2D eigenvalue weighted by Crippen LogP contribution is -2.21. The van der Waals surface area contributed by atoms with Crippen molar-refractivity contribution in [1.82, 2.24) is 0 Å². The number of hydrogen-bond donors (Lipinski definition) is 0. The maximum Gasteiger partial charge on any atom is 0.280 e. The van der Waals surface area contributed by atoms with E-state index in [9.17, 15) is 4.79 Å². The van der Waals surface area contributed by atoms with Crippen LogP contribution in [0.5, 0.6) is 11.5 Å². The fourth-order valence-corrected chi connectivity index (χ4v) is 3.02. The van der Waals surface area contributed by atoms with Crippen LogP contribution in [0.2, 0.25) is 0 Å². The van der Waals surface area contributed by atoms with Crippen molar-refractivity contribution in [2.45, 2.75) is 20.8 Å². The average Bonchev–Trinajstić information content (AvgIpc) is 2.95. The number of amides is 1. The molecule has 1 amide bonds. The van der Waals surface area contributed by atoms with Gasteiger partial charge in [-0.05, 0) is 60.9 Å². The van der Waals surface area contributed by atoms with E-state index in [4.69, 9.17) is 9.47 Å². The van der Waals surface area contributed by atoms with Gasteiger partial charge in [-0.15, -0.1) is 0 Å². The van der Waals surface area contributed by atoms with Gasteiger partial charge < -0.3 is 9.47 Å². The molecule has 3 rings (SSSR count). The van der Waals surface area contributed by atoms with Gasteiger partial charge in [-0.3, -0.25) is 4.79 Å². The topological polar surface area (TPSA) is 51.1 Å². The Bertz CT molecular complexity index is 933. The third kappa shape index (κ3) is 4.44. The highest BCUT2D eigenvalue weighted by Crippen LogP contribution is 2.31. The van der Waals surface area contributed by atoms with Crippen LogP contribution in [0.4, 0.5) is 5.69 Å². The van der Waals surface area contributed by atoms with E-state index in [0.717, 1.165) is 15.7 Å². The molecule has 1 aliphatic rings. The number of hydrogen-bond acceptors (Lipinski definition) is 4. The lowest BCUT2D eigenvalue weighted by Gasteiger charge is -2.13. The summed E-state index contributed by atoms with van der Waals surface area (Å²) in [4.78, 5) is 12.9. The van der Waals surface area contributed by atoms with Crippen LogP contribution in [0.25, 0.3) is 6.08 Å². The number of anilines is 1. The van der Waals surface area contributed by atoms with E-state index in [1.807, 2.05) is 55.5 Å². The Kier molecular flexibility index (Phi) is 6.19. The van der Waals surface area contributed by atoms with Gasteiger partial charge in [0, 0.05) is 4.47 Å². The van der Waals surface area contributed by atoms with Gasteiger partial charge in [0.05, 0.1) is 30.7 Å². The Balaban J connectivity index is 1.86. The summed E-state index contributed by atoms with van der Waals surface area (Å²) in [6.07, 6.45) is 1.83. The van der Waals surface area contributed by atoms with Crippen LogP contribution in [0, 0.1) is 5.92 Å². The molecule has 0 unspecified atom stereocenters. The molecule has 0 radical (unpaired) electrons. The van der Waals surface area contributed by atoms with Gasteiger partial charge in [0.15, 0.2) is 11.5 Å². The smallest absolute Gasteiger partial charge is 0.280 e. The molecule has 0 aliphatic carbocycles. The van der Waals surface area contributed by atoms with Crippen molar-refractivity contribution in [3.63, 3.8) is 0 Å². The summed E-state index contributed by atoms with van der Waals surface area (Å²) in [6.45, 7) is 6.63. The van der Waals surface area contributed by atoms with Crippen LogP contribution in [0.15, 0.2) is 57.6 Å². The maximum absolute atomic E-state index is 12.9. The zero-order valence-corrected chi connectivity index (χ0v) is 18.0. The zero-order chi connectivity index (χ0) is 20.3. The second-order valence-electron chi connectivity index (χ2n) is 6.95. The van der Waals surface area contributed by atoms with Crippen molar-refractivity contribution < 1.29 is 14.3 Å². The van der Waals surface area contributed by atoms with E-state index in [-0.39, 0.29) is 5.91 Å². The number of benzene rings is 2. The fraction of sp³-hybridized carbons (Fsp3) is 0.273.